The van der Waals surface area contributed by atoms with Crippen LogP contribution in [-0.2, 0) is 17.6 Å². The standard InChI is InChI=1S/C22H25N3O2S/c1-16-9-11-18(12-10-16)6-4-8-20(26)23-22-25-24-21(28-22)13-14-27-19-7-3-5-17(2)15-19/h3,5,7,9-12,15H,4,6,8,13-14H2,1-2H3,(H,23,25,26). The van der Waals surface area contributed by atoms with Gasteiger partial charge in [-0.2, -0.15) is 0 Å². The quantitative estimate of drug-likeness (QED) is 0.568. The highest BCUT2D eigenvalue weighted by atomic mass is 32.1. The van der Waals surface area contributed by atoms with E-state index in [1.807, 2.05) is 31.2 Å². The zero-order chi connectivity index (χ0) is 19.8. The Bertz CT molecular complexity index is 906. The van der Waals surface area contributed by atoms with E-state index in [4.69, 9.17) is 4.74 Å². The van der Waals surface area contributed by atoms with Gasteiger partial charge in [0.15, 0.2) is 0 Å². The molecule has 3 rings (SSSR count). The average Bonchev–Trinajstić information content (AvgIpc) is 3.10. The number of nitrogens with zero attached hydrogens (tertiary/aromatic N) is 2. The van der Waals surface area contributed by atoms with Crippen LogP contribution in [0.1, 0.15) is 34.5 Å². The van der Waals surface area contributed by atoms with Gasteiger partial charge in [-0.1, -0.05) is 53.3 Å². The number of nitrogens with one attached hydrogen (secondary N) is 1. The van der Waals surface area contributed by atoms with E-state index in [9.17, 15) is 4.79 Å². The predicted molar refractivity (Wildman–Crippen MR) is 113 cm³/mol. The average molecular weight is 396 g/mol. The Hall–Kier alpha value is -2.73. The van der Waals surface area contributed by atoms with Crippen LogP contribution in [0.3, 0.4) is 0 Å². The van der Waals surface area contributed by atoms with E-state index in [1.165, 1.54) is 28.0 Å². The Balaban J connectivity index is 1.37. The van der Waals surface area contributed by atoms with Crippen LogP contribution in [0.5, 0.6) is 5.75 Å². The van der Waals surface area contributed by atoms with Crippen molar-refractivity contribution in [2.45, 2.75) is 39.5 Å². The van der Waals surface area contributed by atoms with Gasteiger partial charge in [-0.3, -0.25) is 4.79 Å². The molecule has 0 fully saturated rings. The van der Waals surface area contributed by atoms with Gasteiger partial charge in [0.25, 0.3) is 0 Å². The molecule has 0 bridgehead atoms. The lowest BCUT2D eigenvalue weighted by atomic mass is 10.1. The summed E-state index contributed by atoms with van der Waals surface area (Å²) in [7, 11) is 0. The van der Waals surface area contributed by atoms with Crippen molar-refractivity contribution in [1.82, 2.24) is 10.2 Å². The normalized spacial score (nSPS) is 10.6. The molecule has 28 heavy (non-hydrogen) atoms. The first-order valence-corrected chi connectivity index (χ1v) is 10.3. The number of hydrogen-bond acceptors (Lipinski definition) is 5. The number of benzene rings is 2. The van der Waals surface area contributed by atoms with E-state index in [1.54, 1.807) is 0 Å². The highest BCUT2D eigenvalue weighted by Crippen LogP contribution is 2.18. The maximum absolute atomic E-state index is 12.1. The fraction of sp³-hybridized carbons (Fsp3) is 0.318. The van der Waals surface area contributed by atoms with Gasteiger partial charge in [-0.25, -0.2) is 0 Å². The zero-order valence-electron chi connectivity index (χ0n) is 16.3. The Labute approximate surface area is 169 Å². The second-order valence-electron chi connectivity index (χ2n) is 6.80. The topological polar surface area (TPSA) is 64.1 Å². The number of hydrogen-bond donors (Lipinski definition) is 1. The molecule has 0 saturated carbocycles. The number of carbonyl (C=O) groups is 1. The van der Waals surface area contributed by atoms with E-state index in [-0.39, 0.29) is 5.91 Å². The van der Waals surface area contributed by atoms with Crippen molar-refractivity contribution in [3.63, 3.8) is 0 Å². The van der Waals surface area contributed by atoms with Crippen LogP contribution in [0.25, 0.3) is 0 Å². The summed E-state index contributed by atoms with van der Waals surface area (Å²) in [6.07, 6.45) is 2.84. The molecule has 3 aromatic rings. The van der Waals surface area contributed by atoms with E-state index in [0.717, 1.165) is 23.6 Å². The fourth-order valence-electron chi connectivity index (χ4n) is 2.76. The minimum absolute atomic E-state index is 0.0224. The largest absolute Gasteiger partial charge is 0.493 e. The van der Waals surface area contributed by atoms with Gasteiger partial charge in [0.1, 0.15) is 10.8 Å². The summed E-state index contributed by atoms with van der Waals surface area (Å²) in [5, 5.41) is 12.4. The minimum Gasteiger partial charge on any atom is -0.493 e. The van der Waals surface area contributed by atoms with Gasteiger partial charge >= 0.3 is 0 Å². The number of aryl methyl sites for hydroxylation is 3. The van der Waals surface area contributed by atoms with Gasteiger partial charge in [0.05, 0.1) is 6.61 Å². The molecule has 1 heterocycles. The summed E-state index contributed by atoms with van der Waals surface area (Å²) in [6, 6.07) is 16.4. The molecule has 2 aromatic carbocycles. The molecule has 0 aliphatic heterocycles. The maximum Gasteiger partial charge on any atom is 0.226 e. The van der Waals surface area contributed by atoms with Crippen molar-refractivity contribution in [2.75, 3.05) is 11.9 Å². The van der Waals surface area contributed by atoms with Crippen LogP contribution < -0.4 is 10.1 Å². The minimum atomic E-state index is -0.0224. The second-order valence-corrected chi connectivity index (χ2v) is 7.87. The molecule has 0 atom stereocenters. The first-order chi connectivity index (χ1) is 13.6. The van der Waals surface area contributed by atoms with Crippen LogP contribution in [-0.4, -0.2) is 22.7 Å². The molecular weight excluding hydrogens is 370 g/mol. The van der Waals surface area contributed by atoms with Gasteiger partial charge < -0.3 is 10.1 Å². The van der Waals surface area contributed by atoms with E-state index >= 15 is 0 Å². The number of anilines is 1. The van der Waals surface area contributed by atoms with Crippen molar-refractivity contribution in [3.8, 4) is 5.75 Å². The lowest BCUT2D eigenvalue weighted by Crippen LogP contribution is -2.11. The van der Waals surface area contributed by atoms with Crippen molar-refractivity contribution >= 4 is 22.4 Å². The summed E-state index contributed by atoms with van der Waals surface area (Å²) >= 11 is 1.40. The zero-order valence-corrected chi connectivity index (χ0v) is 17.1. The number of ether oxygens (including phenoxy) is 1. The molecule has 0 radical (unpaired) electrons. The van der Waals surface area contributed by atoms with Crippen LogP contribution in [0.4, 0.5) is 5.13 Å². The van der Waals surface area contributed by atoms with Gasteiger partial charge in [0.2, 0.25) is 11.0 Å². The molecule has 1 N–H and O–H groups in total. The smallest absolute Gasteiger partial charge is 0.226 e. The molecule has 0 aliphatic rings. The number of amides is 1. The fourth-order valence-corrected chi connectivity index (χ4v) is 3.49. The lowest BCUT2D eigenvalue weighted by Gasteiger charge is -2.05. The van der Waals surface area contributed by atoms with Crippen molar-refractivity contribution in [1.29, 1.82) is 0 Å². The Kier molecular flexibility index (Phi) is 7.14. The summed E-state index contributed by atoms with van der Waals surface area (Å²) in [5.41, 5.74) is 3.67. The summed E-state index contributed by atoms with van der Waals surface area (Å²) in [5.74, 6) is 0.831. The molecule has 0 saturated heterocycles. The van der Waals surface area contributed by atoms with Gasteiger partial charge in [-0.05, 0) is 49.9 Å². The second kappa shape index (κ2) is 9.99. The van der Waals surface area contributed by atoms with Crippen LogP contribution >= 0.6 is 11.3 Å². The molecule has 6 heteroatoms. The van der Waals surface area contributed by atoms with Crippen LogP contribution in [0.15, 0.2) is 48.5 Å². The maximum atomic E-state index is 12.1. The van der Waals surface area contributed by atoms with Gasteiger partial charge in [0, 0.05) is 12.8 Å². The first-order valence-electron chi connectivity index (χ1n) is 9.46. The van der Waals surface area contributed by atoms with Crippen molar-refractivity contribution in [2.24, 2.45) is 0 Å². The molecule has 5 nitrogen and oxygen atoms in total. The SMILES string of the molecule is Cc1ccc(CCCC(=O)Nc2nnc(CCOc3cccc(C)c3)s2)cc1. The summed E-state index contributed by atoms with van der Waals surface area (Å²) in [4.78, 5) is 12.1. The Morgan fingerprint density at radius 3 is 2.64 bits per heavy atom. The number of rotatable bonds is 9. The Morgan fingerprint density at radius 2 is 1.86 bits per heavy atom. The third kappa shape index (κ3) is 6.46. The molecule has 146 valence electrons. The third-order valence-corrected chi connectivity index (χ3v) is 5.18. The predicted octanol–water partition coefficient (Wildman–Crippen LogP) is 4.74. The lowest BCUT2D eigenvalue weighted by molar-refractivity contribution is -0.116. The number of carbonyl (C=O) groups excluding carboxylic acids is 1. The van der Waals surface area contributed by atoms with Crippen molar-refractivity contribution in [3.05, 3.63) is 70.2 Å². The summed E-state index contributed by atoms with van der Waals surface area (Å²) < 4.78 is 5.74. The third-order valence-electron chi connectivity index (χ3n) is 4.28. The summed E-state index contributed by atoms with van der Waals surface area (Å²) in [6.45, 7) is 4.64. The van der Waals surface area contributed by atoms with E-state index in [2.05, 4.69) is 46.7 Å². The molecule has 0 aliphatic carbocycles. The van der Waals surface area contributed by atoms with Crippen LogP contribution in [0, 0.1) is 13.8 Å². The van der Waals surface area contributed by atoms with E-state index in [0.29, 0.717) is 24.6 Å². The van der Waals surface area contributed by atoms with Crippen LogP contribution in [0.2, 0.25) is 0 Å². The van der Waals surface area contributed by atoms with Crippen molar-refractivity contribution < 1.29 is 9.53 Å². The van der Waals surface area contributed by atoms with Gasteiger partial charge in [-0.15, -0.1) is 10.2 Å². The highest BCUT2D eigenvalue weighted by Gasteiger charge is 2.08. The Morgan fingerprint density at radius 1 is 1.04 bits per heavy atom. The molecule has 0 unspecified atom stereocenters. The highest BCUT2D eigenvalue weighted by molar-refractivity contribution is 7.15. The van der Waals surface area contributed by atoms with E-state index < -0.39 is 0 Å². The monoisotopic (exact) mass is 395 g/mol. The first kappa shape index (κ1) is 20.0. The molecular formula is C22H25N3O2S. The molecule has 0 spiro atoms. The number of aromatic nitrogens is 2. The molecule has 1 amide bonds. The molecule has 1 aromatic heterocycles.